The van der Waals surface area contributed by atoms with Crippen LogP contribution >= 0.6 is 0 Å². The minimum Gasteiger partial charge on any atom is -0.342 e. The van der Waals surface area contributed by atoms with Gasteiger partial charge in [0.2, 0.25) is 11.8 Å². The number of rotatable bonds is 3. The molecule has 0 unspecified atom stereocenters. The number of likely N-dealkylation sites (tertiary alicyclic amines) is 2. The van der Waals surface area contributed by atoms with Crippen LogP contribution in [0.3, 0.4) is 0 Å². The standard InChI is InChI=1S/C21H29N3O2/c25-20(16-22-12-7-17-5-1-2-6-19(17)15-22)23-13-8-18(9-14-23)21(26)24-10-3-4-11-24/h1-2,5-6,18H,3-4,7-16H2. The van der Waals surface area contributed by atoms with Gasteiger partial charge in [0.15, 0.2) is 0 Å². The van der Waals surface area contributed by atoms with Gasteiger partial charge in [0.05, 0.1) is 6.54 Å². The molecule has 26 heavy (non-hydrogen) atoms. The van der Waals surface area contributed by atoms with Crippen LogP contribution in [0.15, 0.2) is 24.3 Å². The van der Waals surface area contributed by atoms with Gasteiger partial charge in [-0.3, -0.25) is 14.5 Å². The third-order valence-corrected chi connectivity index (χ3v) is 6.18. The van der Waals surface area contributed by atoms with E-state index >= 15 is 0 Å². The van der Waals surface area contributed by atoms with E-state index in [0.29, 0.717) is 12.5 Å². The molecule has 2 saturated heterocycles. The van der Waals surface area contributed by atoms with Crippen molar-refractivity contribution in [2.75, 3.05) is 39.3 Å². The Morgan fingerprint density at radius 2 is 1.58 bits per heavy atom. The van der Waals surface area contributed by atoms with Gasteiger partial charge in [0.1, 0.15) is 0 Å². The van der Waals surface area contributed by atoms with E-state index < -0.39 is 0 Å². The van der Waals surface area contributed by atoms with E-state index in [1.54, 1.807) is 0 Å². The van der Waals surface area contributed by atoms with Crippen LogP contribution < -0.4 is 0 Å². The summed E-state index contributed by atoms with van der Waals surface area (Å²) < 4.78 is 0. The summed E-state index contributed by atoms with van der Waals surface area (Å²) in [4.78, 5) is 31.5. The van der Waals surface area contributed by atoms with E-state index in [0.717, 1.165) is 71.4 Å². The van der Waals surface area contributed by atoms with Crippen molar-refractivity contribution < 1.29 is 9.59 Å². The number of benzene rings is 1. The molecular weight excluding hydrogens is 326 g/mol. The molecule has 0 aromatic heterocycles. The molecule has 0 bridgehead atoms. The number of fused-ring (bicyclic) bond motifs is 1. The highest BCUT2D eigenvalue weighted by Crippen LogP contribution is 2.23. The maximum atomic E-state index is 12.7. The zero-order valence-electron chi connectivity index (χ0n) is 15.5. The van der Waals surface area contributed by atoms with E-state index in [4.69, 9.17) is 0 Å². The van der Waals surface area contributed by atoms with E-state index in [-0.39, 0.29) is 11.8 Å². The van der Waals surface area contributed by atoms with Crippen molar-refractivity contribution in [3.63, 3.8) is 0 Å². The maximum absolute atomic E-state index is 12.7. The Hall–Kier alpha value is -1.88. The van der Waals surface area contributed by atoms with Gasteiger partial charge in [-0.2, -0.15) is 0 Å². The second kappa shape index (κ2) is 7.78. The Morgan fingerprint density at radius 3 is 2.31 bits per heavy atom. The summed E-state index contributed by atoms with van der Waals surface area (Å²) >= 11 is 0. The second-order valence-corrected chi connectivity index (χ2v) is 7.92. The predicted molar refractivity (Wildman–Crippen MR) is 101 cm³/mol. The molecule has 3 aliphatic rings. The molecule has 0 N–H and O–H groups in total. The molecule has 0 spiro atoms. The van der Waals surface area contributed by atoms with Crippen LogP contribution in [-0.2, 0) is 22.6 Å². The quantitative estimate of drug-likeness (QED) is 0.832. The predicted octanol–water partition coefficient (Wildman–Crippen LogP) is 1.91. The molecule has 0 saturated carbocycles. The van der Waals surface area contributed by atoms with Gasteiger partial charge in [-0.1, -0.05) is 24.3 Å². The first kappa shape index (κ1) is 17.5. The summed E-state index contributed by atoms with van der Waals surface area (Å²) in [6.07, 6.45) is 4.95. The maximum Gasteiger partial charge on any atom is 0.236 e. The fourth-order valence-electron chi connectivity index (χ4n) is 4.55. The van der Waals surface area contributed by atoms with Crippen LogP contribution in [-0.4, -0.2) is 65.8 Å². The molecule has 4 rings (SSSR count). The second-order valence-electron chi connectivity index (χ2n) is 7.92. The number of nitrogens with zero attached hydrogens (tertiary/aromatic N) is 3. The third kappa shape index (κ3) is 3.78. The lowest BCUT2D eigenvalue weighted by molar-refractivity contribution is -0.140. The minimum absolute atomic E-state index is 0.124. The summed E-state index contributed by atoms with van der Waals surface area (Å²) in [5.74, 6) is 0.665. The highest BCUT2D eigenvalue weighted by atomic mass is 16.2. The third-order valence-electron chi connectivity index (χ3n) is 6.18. The zero-order chi connectivity index (χ0) is 17.9. The van der Waals surface area contributed by atoms with Crippen molar-refractivity contribution in [1.29, 1.82) is 0 Å². The van der Waals surface area contributed by atoms with Gasteiger partial charge in [0.25, 0.3) is 0 Å². The molecule has 140 valence electrons. The Kier molecular flexibility index (Phi) is 5.25. The molecular formula is C21H29N3O2. The van der Waals surface area contributed by atoms with Crippen LogP contribution in [0, 0.1) is 5.92 Å². The summed E-state index contributed by atoms with van der Waals surface area (Å²) in [5, 5.41) is 0. The molecule has 5 heteroatoms. The molecule has 1 aromatic rings. The van der Waals surface area contributed by atoms with Crippen molar-refractivity contribution in [3.05, 3.63) is 35.4 Å². The number of carbonyl (C=O) groups excluding carboxylic acids is 2. The lowest BCUT2D eigenvalue weighted by Crippen LogP contribution is -2.47. The van der Waals surface area contributed by atoms with Crippen molar-refractivity contribution in [2.24, 2.45) is 5.92 Å². The number of hydrogen-bond acceptors (Lipinski definition) is 3. The Morgan fingerprint density at radius 1 is 0.885 bits per heavy atom. The molecule has 3 aliphatic heterocycles. The first-order valence-electron chi connectivity index (χ1n) is 10.1. The van der Waals surface area contributed by atoms with Crippen LogP contribution in [0.2, 0.25) is 0 Å². The van der Waals surface area contributed by atoms with Crippen LogP contribution in [0.5, 0.6) is 0 Å². The summed E-state index contributed by atoms with van der Waals surface area (Å²) in [5.41, 5.74) is 2.76. The molecule has 3 heterocycles. The number of carbonyl (C=O) groups is 2. The van der Waals surface area contributed by atoms with Gasteiger partial charge in [-0.15, -0.1) is 0 Å². The number of amides is 2. The van der Waals surface area contributed by atoms with E-state index in [9.17, 15) is 9.59 Å². The molecule has 5 nitrogen and oxygen atoms in total. The van der Waals surface area contributed by atoms with Crippen molar-refractivity contribution in [1.82, 2.24) is 14.7 Å². The van der Waals surface area contributed by atoms with E-state index in [2.05, 4.69) is 29.2 Å². The first-order valence-corrected chi connectivity index (χ1v) is 10.1. The lowest BCUT2D eigenvalue weighted by Gasteiger charge is -2.35. The fourth-order valence-corrected chi connectivity index (χ4v) is 4.55. The van der Waals surface area contributed by atoms with Crippen LogP contribution in [0.25, 0.3) is 0 Å². The van der Waals surface area contributed by atoms with Crippen molar-refractivity contribution >= 4 is 11.8 Å². The monoisotopic (exact) mass is 355 g/mol. The molecule has 0 atom stereocenters. The SMILES string of the molecule is O=C(CN1CCc2ccccc2C1)N1CCC(C(=O)N2CCCC2)CC1. The highest BCUT2D eigenvalue weighted by molar-refractivity contribution is 5.81. The summed E-state index contributed by atoms with van der Waals surface area (Å²) in [7, 11) is 0. The van der Waals surface area contributed by atoms with Crippen LogP contribution in [0.4, 0.5) is 0 Å². The largest absolute Gasteiger partial charge is 0.342 e. The van der Waals surface area contributed by atoms with E-state index in [1.807, 2.05) is 9.80 Å². The van der Waals surface area contributed by atoms with Gasteiger partial charge >= 0.3 is 0 Å². The Bertz CT molecular complexity index is 661. The average molecular weight is 355 g/mol. The zero-order valence-corrected chi connectivity index (χ0v) is 15.5. The number of piperidine rings is 1. The Labute approximate surface area is 155 Å². The molecule has 0 aliphatic carbocycles. The van der Waals surface area contributed by atoms with Gasteiger partial charge in [-0.25, -0.2) is 0 Å². The molecule has 1 aromatic carbocycles. The van der Waals surface area contributed by atoms with Crippen LogP contribution in [0.1, 0.15) is 36.8 Å². The topological polar surface area (TPSA) is 43.9 Å². The van der Waals surface area contributed by atoms with E-state index in [1.165, 1.54) is 11.1 Å². The normalized spacial score (nSPS) is 21.7. The number of hydrogen-bond donors (Lipinski definition) is 0. The lowest BCUT2D eigenvalue weighted by atomic mass is 9.95. The summed E-state index contributed by atoms with van der Waals surface area (Å²) in [6.45, 7) is 5.63. The van der Waals surface area contributed by atoms with Gasteiger partial charge in [-0.05, 0) is 43.2 Å². The van der Waals surface area contributed by atoms with Gasteiger partial charge in [0, 0.05) is 45.2 Å². The van der Waals surface area contributed by atoms with Crippen molar-refractivity contribution in [3.8, 4) is 0 Å². The first-order chi connectivity index (χ1) is 12.7. The van der Waals surface area contributed by atoms with Crippen molar-refractivity contribution in [2.45, 2.75) is 38.6 Å². The molecule has 0 radical (unpaired) electrons. The summed E-state index contributed by atoms with van der Waals surface area (Å²) in [6, 6.07) is 8.53. The van der Waals surface area contributed by atoms with Gasteiger partial charge < -0.3 is 9.80 Å². The smallest absolute Gasteiger partial charge is 0.236 e. The minimum atomic E-state index is 0.124. The Balaban J connectivity index is 1.26. The molecule has 2 amide bonds. The highest BCUT2D eigenvalue weighted by Gasteiger charge is 2.31. The molecule has 2 fully saturated rings. The fraction of sp³-hybridized carbons (Fsp3) is 0.619. The average Bonchev–Trinajstić information content (AvgIpc) is 3.22.